The van der Waals surface area contributed by atoms with Gasteiger partial charge in [0.15, 0.2) is 0 Å². The van der Waals surface area contributed by atoms with Gasteiger partial charge in [-0.1, -0.05) is 48.5 Å². The predicted octanol–water partition coefficient (Wildman–Crippen LogP) is 3.70. The molecule has 0 spiro atoms. The maximum Gasteiger partial charge on any atom is 0.119 e. The molecular weight excluding hydrogens is 320 g/mol. The first-order valence-electron chi connectivity index (χ1n) is 7.88. The van der Waals surface area contributed by atoms with Crippen molar-refractivity contribution in [3.63, 3.8) is 0 Å². The van der Waals surface area contributed by atoms with Gasteiger partial charge in [-0.15, -0.1) is 0 Å². The molecule has 24 heavy (non-hydrogen) atoms. The van der Waals surface area contributed by atoms with Crippen LogP contribution in [0.5, 0.6) is 5.75 Å². The number of aryl methyl sites for hydroxylation is 1. The molecule has 1 N–H and O–H groups in total. The summed E-state index contributed by atoms with van der Waals surface area (Å²) in [6, 6.07) is 21.1. The fourth-order valence-corrected chi connectivity index (χ4v) is 3.94. The second-order valence-corrected chi connectivity index (χ2v) is 7.18. The lowest BCUT2D eigenvalue weighted by Gasteiger charge is -2.13. The number of aliphatic hydroxyl groups excluding tert-OH is 1. The Balaban J connectivity index is 1.70. The van der Waals surface area contributed by atoms with Crippen molar-refractivity contribution >= 4 is 21.6 Å². The van der Waals surface area contributed by atoms with Crippen LogP contribution >= 0.6 is 0 Å². The third-order valence-electron chi connectivity index (χ3n) is 3.87. The smallest absolute Gasteiger partial charge is 0.119 e. The van der Waals surface area contributed by atoms with E-state index in [0.29, 0.717) is 5.75 Å². The molecule has 0 aliphatic carbocycles. The average Bonchev–Trinajstić information content (AvgIpc) is 2.61. The monoisotopic (exact) mass is 340 g/mol. The molecule has 4 heteroatoms. The van der Waals surface area contributed by atoms with E-state index in [2.05, 4.69) is 0 Å². The normalized spacial score (nSPS) is 13.6. The van der Waals surface area contributed by atoms with Gasteiger partial charge in [-0.3, -0.25) is 4.21 Å². The van der Waals surface area contributed by atoms with Gasteiger partial charge in [0.2, 0.25) is 0 Å². The molecule has 0 saturated carbocycles. The van der Waals surface area contributed by atoms with E-state index < -0.39 is 16.9 Å². The number of rotatable bonds is 6. The molecule has 0 saturated heterocycles. The number of hydrogen-bond donors (Lipinski definition) is 1. The summed E-state index contributed by atoms with van der Waals surface area (Å²) in [5.74, 6) is 0.850. The molecule has 3 nitrogen and oxygen atoms in total. The first kappa shape index (κ1) is 16.7. The first-order chi connectivity index (χ1) is 11.6. The van der Waals surface area contributed by atoms with Crippen molar-refractivity contribution in [2.24, 2.45) is 0 Å². The van der Waals surface area contributed by atoms with Gasteiger partial charge in [0.05, 0.1) is 22.7 Å². The Labute approximate surface area is 144 Å². The summed E-state index contributed by atoms with van der Waals surface area (Å²) in [5.41, 5.74) is 1.15. The van der Waals surface area contributed by atoms with E-state index in [0.717, 1.165) is 21.2 Å². The lowest BCUT2D eigenvalue weighted by Crippen LogP contribution is -2.24. The van der Waals surface area contributed by atoms with Crippen molar-refractivity contribution in [2.45, 2.75) is 17.9 Å². The van der Waals surface area contributed by atoms with Gasteiger partial charge < -0.3 is 9.84 Å². The van der Waals surface area contributed by atoms with Crippen molar-refractivity contribution < 1.29 is 14.1 Å². The van der Waals surface area contributed by atoms with Gasteiger partial charge in [-0.05, 0) is 41.5 Å². The van der Waals surface area contributed by atoms with Gasteiger partial charge in [-0.2, -0.15) is 0 Å². The largest absolute Gasteiger partial charge is 0.491 e. The Morgan fingerprint density at radius 1 is 0.958 bits per heavy atom. The molecule has 0 aliphatic heterocycles. The maximum absolute atomic E-state index is 12.7. The molecule has 0 radical (unpaired) electrons. The van der Waals surface area contributed by atoms with E-state index in [4.69, 9.17) is 4.74 Å². The van der Waals surface area contributed by atoms with Crippen LogP contribution in [-0.2, 0) is 10.8 Å². The number of fused-ring (bicyclic) bond motifs is 1. The van der Waals surface area contributed by atoms with E-state index in [-0.39, 0.29) is 12.4 Å². The van der Waals surface area contributed by atoms with Crippen LogP contribution < -0.4 is 4.74 Å². The van der Waals surface area contributed by atoms with E-state index in [1.807, 2.05) is 73.7 Å². The fraction of sp³-hybridized carbons (Fsp3) is 0.200. The summed E-state index contributed by atoms with van der Waals surface area (Å²) >= 11 is 0. The van der Waals surface area contributed by atoms with Crippen LogP contribution in [0.15, 0.2) is 71.6 Å². The summed E-state index contributed by atoms with van der Waals surface area (Å²) in [6.07, 6.45) is -0.786. The Kier molecular flexibility index (Phi) is 5.28. The van der Waals surface area contributed by atoms with E-state index in [9.17, 15) is 9.32 Å². The molecule has 0 amide bonds. The maximum atomic E-state index is 12.7. The van der Waals surface area contributed by atoms with E-state index in [1.54, 1.807) is 0 Å². The summed E-state index contributed by atoms with van der Waals surface area (Å²) in [7, 11) is -1.28. The summed E-state index contributed by atoms with van der Waals surface area (Å²) in [4.78, 5) is 0.759. The highest BCUT2D eigenvalue weighted by Crippen LogP contribution is 2.24. The standard InChI is InChI=1S/C20H20O3S/c1-15-7-5-11-19-18(15)10-6-12-20(19)24(22)14-16(21)13-23-17-8-3-2-4-9-17/h2-12,16,21H,13-14H2,1H3. The zero-order valence-electron chi connectivity index (χ0n) is 13.5. The van der Waals surface area contributed by atoms with Crippen molar-refractivity contribution in [3.05, 3.63) is 72.3 Å². The van der Waals surface area contributed by atoms with Crippen molar-refractivity contribution in [1.29, 1.82) is 0 Å². The van der Waals surface area contributed by atoms with Crippen molar-refractivity contribution in [1.82, 2.24) is 0 Å². The molecule has 3 aromatic rings. The SMILES string of the molecule is Cc1cccc2c(S(=O)CC(O)COc3ccccc3)cccc12. The Bertz CT molecular complexity index is 846. The van der Waals surface area contributed by atoms with Gasteiger partial charge in [0.25, 0.3) is 0 Å². The molecule has 2 atom stereocenters. The topological polar surface area (TPSA) is 46.5 Å². The van der Waals surface area contributed by atoms with Crippen LogP contribution in [0.4, 0.5) is 0 Å². The molecule has 0 aliphatic rings. The molecule has 0 aromatic heterocycles. The van der Waals surface area contributed by atoms with Crippen LogP contribution in [0.1, 0.15) is 5.56 Å². The van der Waals surface area contributed by atoms with Crippen LogP contribution in [0.25, 0.3) is 10.8 Å². The Morgan fingerprint density at radius 2 is 1.67 bits per heavy atom. The van der Waals surface area contributed by atoms with Crippen molar-refractivity contribution in [2.75, 3.05) is 12.4 Å². The number of aliphatic hydroxyl groups is 1. The highest BCUT2D eigenvalue weighted by atomic mass is 32.2. The molecule has 3 aromatic carbocycles. The second kappa shape index (κ2) is 7.60. The second-order valence-electron chi connectivity index (χ2n) is 5.72. The van der Waals surface area contributed by atoms with Crippen molar-refractivity contribution in [3.8, 4) is 5.75 Å². The van der Waals surface area contributed by atoms with Crippen LogP contribution in [-0.4, -0.2) is 27.8 Å². The average molecular weight is 340 g/mol. The number of benzene rings is 3. The zero-order chi connectivity index (χ0) is 16.9. The minimum absolute atomic E-state index is 0.125. The molecule has 0 bridgehead atoms. The molecular formula is C20H20O3S. The third kappa shape index (κ3) is 3.83. The molecule has 124 valence electrons. The quantitative estimate of drug-likeness (QED) is 0.744. The Hall–Kier alpha value is -2.17. The first-order valence-corrected chi connectivity index (χ1v) is 9.19. The number of para-hydroxylation sites is 1. The van der Waals surface area contributed by atoms with Crippen LogP contribution in [0.3, 0.4) is 0 Å². The van der Waals surface area contributed by atoms with Gasteiger partial charge in [0.1, 0.15) is 12.4 Å². The van der Waals surface area contributed by atoms with Gasteiger partial charge in [-0.25, -0.2) is 0 Å². The molecule has 2 unspecified atom stereocenters. The Morgan fingerprint density at radius 3 is 2.46 bits per heavy atom. The van der Waals surface area contributed by atoms with Gasteiger partial charge >= 0.3 is 0 Å². The van der Waals surface area contributed by atoms with E-state index >= 15 is 0 Å². The van der Waals surface area contributed by atoms with Crippen LogP contribution in [0.2, 0.25) is 0 Å². The predicted molar refractivity (Wildman–Crippen MR) is 97.9 cm³/mol. The highest BCUT2D eigenvalue weighted by molar-refractivity contribution is 7.85. The third-order valence-corrected chi connectivity index (χ3v) is 5.41. The van der Waals surface area contributed by atoms with E-state index in [1.165, 1.54) is 0 Å². The van der Waals surface area contributed by atoms with Crippen LogP contribution in [0, 0.1) is 6.92 Å². The lowest BCUT2D eigenvalue weighted by molar-refractivity contribution is 0.125. The fourth-order valence-electron chi connectivity index (χ4n) is 2.66. The summed E-state index contributed by atoms with van der Waals surface area (Å²) < 4.78 is 18.2. The summed E-state index contributed by atoms with van der Waals surface area (Å²) in [6.45, 7) is 2.16. The number of ether oxygens (including phenoxy) is 1. The molecule has 0 heterocycles. The zero-order valence-corrected chi connectivity index (χ0v) is 14.3. The minimum Gasteiger partial charge on any atom is -0.491 e. The van der Waals surface area contributed by atoms with Gasteiger partial charge in [0, 0.05) is 4.90 Å². The molecule has 0 fully saturated rings. The number of hydrogen-bond acceptors (Lipinski definition) is 3. The minimum atomic E-state index is -1.28. The molecule has 3 rings (SSSR count). The highest BCUT2D eigenvalue weighted by Gasteiger charge is 2.15. The summed E-state index contributed by atoms with van der Waals surface area (Å²) in [5, 5.41) is 12.2. The lowest BCUT2D eigenvalue weighted by atomic mass is 10.1.